The summed E-state index contributed by atoms with van der Waals surface area (Å²) in [5.74, 6) is -0.0502. The Bertz CT molecular complexity index is 864. The molecule has 0 unspecified atom stereocenters. The number of halogens is 2. The molecule has 2 N–H and O–H groups in total. The van der Waals surface area contributed by atoms with Crippen molar-refractivity contribution < 1.29 is 4.79 Å². The van der Waals surface area contributed by atoms with E-state index >= 15 is 0 Å². The molecule has 1 aromatic heterocycles. The third kappa shape index (κ3) is 2.50. The lowest BCUT2D eigenvalue weighted by atomic mass is 9.95. The number of fused-ring (bicyclic) bond motifs is 2. The molecule has 3 nitrogen and oxygen atoms in total. The highest BCUT2D eigenvalue weighted by molar-refractivity contribution is 9.11. The minimum Gasteiger partial charge on any atom is -0.358 e. The van der Waals surface area contributed by atoms with Crippen LogP contribution in [0.2, 0.25) is 0 Å². The first kappa shape index (κ1) is 15.2. The number of aromatic nitrogens is 1. The van der Waals surface area contributed by atoms with E-state index in [4.69, 9.17) is 0 Å². The molecule has 0 fully saturated rings. The SMILES string of the molecule is Cc1c(C=C2C(=O)Nc3c(Br)cc(Br)cc32)[nH]c2c1CCCC2. The van der Waals surface area contributed by atoms with E-state index in [2.05, 4.69) is 49.1 Å². The van der Waals surface area contributed by atoms with Gasteiger partial charge in [0.1, 0.15) is 0 Å². The number of carbonyl (C=O) groups excluding carboxylic acids is 1. The number of nitrogens with one attached hydrogen (secondary N) is 2. The molecule has 0 radical (unpaired) electrons. The fraction of sp³-hybridized carbons (Fsp3) is 0.278. The lowest BCUT2D eigenvalue weighted by Gasteiger charge is -2.10. The van der Waals surface area contributed by atoms with Gasteiger partial charge in [0.2, 0.25) is 0 Å². The topological polar surface area (TPSA) is 44.9 Å². The molecule has 2 aliphatic rings. The number of anilines is 1. The highest BCUT2D eigenvalue weighted by Crippen LogP contribution is 2.41. The molecule has 118 valence electrons. The number of aryl methyl sites for hydroxylation is 1. The summed E-state index contributed by atoms with van der Waals surface area (Å²) in [7, 11) is 0. The Balaban J connectivity index is 1.85. The van der Waals surface area contributed by atoms with Gasteiger partial charge in [-0.25, -0.2) is 0 Å². The van der Waals surface area contributed by atoms with Crippen LogP contribution < -0.4 is 5.32 Å². The van der Waals surface area contributed by atoms with E-state index in [1.807, 2.05) is 18.2 Å². The van der Waals surface area contributed by atoms with Gasteiger partial charge in [0.15, 0.2) is 0 Å². The molecule has 1 aliphatic heterocycles. The van der Waals surface area contributed by atoms with Crippen LogP contribution in [-0.4, -0.2) is 10.9 Å². The van der Waals surface area contributed by atoms with E-state index in [1.54, 1.807) is 0 Å². The minimum absolute atomic E-state index is 0.0502. The van der Waals surface area contributed by atoms with Crippen molar-refractivity contribution in [1.82, 2.24) is 4.98 Å². The van der Waals surface area contributed by atoms with Gasteiger partial charge in [0.05, 0.1) is 11.3 Å². The fourth-order valence-corrected chi connectivity index (χ4v) is 4.85. The van der Waals surface area contributed by atoms with Crippen LogP contribution in [0.1, 0.15) is 40.9 Å². The van der Waals surface area contributed by atoms with E-state index in [-0.39, 0.29) is 5.91 Å². The van der Waals surface area contributed by atoms with Crippen molar-refractivity contribution in [3.05, 3.63) is 49.2 Å². The van der Waals surface area contributed by atoms with Crippen LogP contribution in [-0.2, 0) is 17.6 Å². The number of carbonyl (C=O) groups is 1. The maximum atomic E-state index is 12.4. The summed E-state index contributed by atoms with van der Waals surface area (Å²) in [5.41, 5.74) is 7.62. The van der Waals surface area contributed by atoms with Gasteiger partial charge in [-0.1, -0.05) is 15.9 Å². The number of hydrogen-bond acceptors (Lipinski definition) is 1. The smallest absolute Gasteiger partial charge is 0.256 e. The lowest BCUT2D eigenvalue weighted by Crippen LogP contribution is -2.04. The fourth-order valence-electron chi connectivity index (χ4n) is 3.52. The Morgan fingerprint density at radius 2 is 1.96 bits per heavy atom. The molecular weight excluding hydrogens is 420 g/mol. The van der Waals surface area contributed by atoms with Crippen LogP contribution in [0.5, 0.6) is 0 Å². The van der Waals surface area contributed by atoms with E-state index in [0.717, 1.165) is 38.7 Å². The number of benzene rings is 1. The molecule has 0 saturated heterocycles. The molecule has 0 bridgehead atoms. The van der Waals surface area contributed by atoms with Gasteiger partial charge in [-0.2, -0.15) is 0 Å². The van der Waals surface area contributed by atoms with Crippen LogP contribution in [0.25, 0.3) is 11.6 Å². The van der Waals surface area contributed by atoms with Crippen molar-refractivity contribution in [2.24, 2.45) is 0 Å². The second-order valence-electron chi connectivity index (χ2n) is 6.15. The molecule has 1 aliphatic carbocycles. The molecular formula is C18H16Br2N2O. The average Bonchev–Trinajstić information content (AvgIpc) is 3.00. The van der Waals surface area contributed by atoms with E-state index < -0.39 is 0 Å². The monoisotopic (exact) mass is 434 g/mol. The predicted molar refractivity (Wildman–Crippen MR) is 101 cm³/mol. The number of rotatable bonds is 1. The van der Waals surface area contributed by atoms with Crippen molar-refractivity contribution in [3.8, 4) is 0 Å². The zero-order valence-corrected chi connectivity index (χ0v) is 15.9. The molecule has 1 amide bonds. The van der Waals surface area contributed by atoms with E-state index in [0.29, 0.717) is 5.57 Å². The molecule has 0 saturated carbocycles. The van der Waals surface area contributed by atoms with Gasteiger partial charge < -0.3 is 10.3 Å². The van der Waals surface area contributed by atoms with Crippen molar-refractivity contribution in [2.45, 2.75) is 32.6 Å². The molecule has 23 heavy (non-hydrogen) atoms. The zero-order chi connectivity index (χ0) is 16.1. The normalized spacial score (nSPS) is 18.0. The Hall–Kier alpha value is -1.33. The van der Waals surface area contributed by atoms with E-state index in [9.17, 15) is 4.79 Å². The van der Waals surface area contributed by atoms with Crippen molar-refractivity contribution in [1.29, 1.82) is 0 Å². The molecule has 2 heterocycles. The van der Waals surface area contributed by atoms with Crippen molar-refractivity contribution in [2.75, 3.05) is 5.32 Å². The largest absolute Gasteiger partial charge is 0.358 e. The van der Waals surface area contributed by atoms with Gasteiger partial charge in [-0.3, -0.25) is 4.79 Å². The lowest BCUT2D eigenvalue weighted by molar-refractivity contribution is -0.110. The van der Waals surface area contributed by atoms with Crippen LogP contribution >= 0.6 is 31.9 Å². The third-order valence-electron chi connectivity index (χ3n) is 4.73. The predicted octanol–water partition coefficient (Wildman–Crippen LogP) is 5.22. The summed E-state index contributed by atoms with van der Waals surface area (Å²) < 4.78 is 1.84. The quantitative estimate of drug-likeness (QED) is 0.592. The van der Waals surface area contributed by atoms with E-state index in [1.165, 1.54) is 29.7 Å². The second kappa shape index (κ2) is 5.64. The van der Waals surface area contributed by atoms with Crippen LogP contribution in [0.3, 0.4) is 0 Å². The Labute approximate surface area is 151 Å². The van der Waals surface area contributed by atoms with Crippen LogP contribution in [0.15, 0.2) is 21.1 Å². The number of H-pyrrole nitrogens is 1. The molecule has 4 rings (SSSR count). The second-order valence-corrected chi connectivity index (χ2v) is 7.92. The Morgan fingerprint density at radius 3 is 2.74 bits per heavy atom. The number of hydrogen-bond donors (Lipinski definition) is 2. The van der Waals surface area contributed by atoms with Gasteiger partial charge in [-0.05, 0) is 77.9 Å². The van der Waals surface area contributed by atoms with Gasteiger partial charge in [0, 0.05) is 25.9 Å². The summed E-state index contributed by atoms with van der Waals surface area (Å²) in [6.07, 6.45) is 6.74. The zero-order valence-electron chi connectivity index (χ0n) is 12.7. The number of aromatic amines is 1. The summed E-state index contributed by atoms with van der Waals surface area (Å²) in [5, 5.41) is 2.96. The first-order chi connectivity index (χ1) is 11.0. The van der Waals surface area contributed by atoms with Crippen molar-refractivity contribution in [3.63, 3.8) is 0 Å². The summed E-state index contributed by atoms with van der Waals surface area (Å²) in [6.45, 7) is 2.15. The standard InChI is InChI=1S/C18H16Br2N2O/c1-9-11-4-2-3-5-15(11)21-16(9)8-13-12-6-10(19)7-14(20)17(12)22-18(13)23/h6-8,21H,2-5H2,1H3,(H,22,23). The Kier molecular flexibility index (Phi) is 3.73. The van der Waals surface area contributed by atoms with Crippen molar-refractivity contribution >= 4 is 55.1 Å². The maximum Gasteiger partial charge on any atom is 0.256 e. The molecule has 1 aromatic carbocycles. The Morgan fingerprint density at radius 1 is 1.17 bits per heavy atom. The van der Waals surface area contributed by atoms with Crippen LogP contribution in [0.4, 0.5) is 5.69 Å². The summed E-state index contributed by atoms with van der Waals surface area (Å²) in [6, 6.07) is 3.93. The maximum absolute atomic E-state index is 12.4. The highest BCUT2D eigenvalue weighted by Gasteiger charge is 2.27. The third-order valence-corrected chi connectivity index (χ3v) is 5.81. The summed E-state index contributed by atoms with van der Waals surface area (Å²) in [4.78, 5) is 16.0. The van der Waals surface area contributed by atoms with Gasteiger partial charge in [0.25, 0.3) is 5.91 Å². The molecule has 2 aromatic rings. The number of amides is 1. The molecule has 0 spiro atoms. The van der Waals surface area contributed by atoms with Gasteiger partial charge in [-0.15, -0.1) is 0 Å². The molecule has 5 heteroatoms. The average molecular weight is 436 g/mol. The highest BCUT2D eigenvalue weighted by atomic mass is 79.9. The minimum atomic E-state index is -0.0502. The first-order valence-electron chi connectivity index (χ1n) is 7.77. The van der Waals surface area contributed by atoms with Crippen LogP contribution in [0, 0.1) is 6.92 Å². The summed E-state index contributed by atoms with van der Waals surface area (Å²) >= 11 is 7.02. The van der Waals surface area contributed by atoms with Gasteiger partial charge >= 0.3 is 0 Å². The molecule has 0 atom stereocenters. The first-order valence-corrected chi connectivity index (χ1v) is 9.36.